The van der Waals surface area contributed by atoms with Gasteiger partial charge in [0.2, 0.25) is 5.96 Å². The molecular weight excluding hydrogens is 202 g/mol. The molecule has 0 radical (unpaired) electrons. The van der Waals surface area contributed by atoms with E-state index in [0.29, 0.717) is 12.2 Å². The van der Waals surface area contributed by atoms with Gasteiger partial charge in [0.05, 0.1) is 5.75 Å². The lowest BCUT2D eigenvalue weighted by Crippen LogP contribution is -2.33. The van der Waals surface area contributed by atoms with Crippen molar-refractivity contribution in [2.75, 3.05) is 11.5 Å². The molecule has 0 heterocycles. The first kappa shape index (κ1) is 11.5. The number of hydroxylamine groups is 1. The second kappa shape index (κ2) is 5.22. The molecule has 4 N–H and O–H groups in total. The third-order valence-electron chi connectivity index (χ3n) is 0.831. The number of guanidine groups is 1. The van der Waals surface area contributed by atoms with Crippen LogP contribution in [0.25, 0.3) is 0 Å². The van der Waals surface area contributed by atoms with E-state index in [1.165, 1.54) is 0 Å². The molecule has 0 rings (SSSR count). The van der Waals surface area contributed by atoms with Crippen LogP contribution < -0.4 is 11.2 Å². The number of thiol groups is 1. The SMILES string of the molecule is N=C(N)NOS(=O)(=O)CCCS. The van der Waals surface area contributed by atoms with Gasteiger partial charge >= 0.3 is 0 Å². The smallest absolute Gasteiger partial charge is 0.287 e. The van der Waals surface area contributed by atoms with Crippen LogP contribution in [0.15, 0.2) is 0 Å². The van der Waals surface area contributed by atoms with Crippen LogP contribution in [-0.2, 0) is 14.4 Å². The fourth-order valence-corrected chi connectivity index (χ4v) is 1.56. The standard InChI is InChI=1S/C4H11N3O3S2/c5-4(6)7-10-12(8,9)3-1-2-11/h11H,1-3H2,(H4,5,6,7). The Morgan fingerprint density at radius 1 is 1.67 bits per heavy atom. The molecule has 0 atom stereocenters. The molecule has 0 spiro atoms. The van der Waals surface area contributed by atoms with E-state index < -0.39 is 16.1 Å². The van der Waals surface area contributed by atoms with Crippen molar-refractivity contribution in [2.45, 2.75) is 6.42 Å². The lowest BCUT2D eigenvalue weighted by Gasteiger charge is -2.03. The summed E-state index contributed by atoms with van der Waals surface area (Å²) < 4.78 is 25.8. The van der Waals surface area contributed by atoms with Crippen molar-refractivity contribution < 1.29 is 12.7 Å². The maximum atomic E-state index is 10.8. The van der Waals surface area contributed by atoms with Crippen LogP contribution in [0.2, 0.25) is 0 Å². The zero-order chi connectivity index (χ0) is 9.61. The number of nitrogens with two attached hydrogens (primary N) is 1. The van der Waals surface area contributed by atoms with Gasteiger partial charge in [0.15, 0.2) is 0 Å². The number of nitrogens with one attached hydrogen (secondary N) is 2. The van der Waals surface area contributed by atoms with Gasteiger partial charge in [-0.3, -0.25) is 5.41 Å². The van der Waals surface area contributed by atoms with Crippen LogP contribution >= 0.6 is 12.6 Å². The summed E-state index contributed by atoms with van der Waals surface area (Å²) in [5.41, 5.74) is 6.54. The number of hydrogen-bond acceptors (Lipinski definition) is 5. The van der Waals surface area contributed by atoms with Gasteiger partial charge in [0, 0.05) is 0 Å². The molecule has 0 saturated carbocycles. The van der Waals surface area contributed by atoms with Crippen molar-refractivity contribution in [3.05, 3.63) is 0 Å². The summed E-state index contributed by atoms with van der Waals surface area (Å²) in [7, 11) is -3.62. The summed E-state index contributed by atoms with van der Waals surface area (Å²) in [6, 6.07) is 0. The normalized spacial score (nSPS) is 11.1. The van der Waals surface area contributed by atoms with Gasteiger partial charge in [-0.15, -0.1) is 4.28 Å². The predicted molar refractivity (Wildman–Crippen MR) is 48.4 cm³/mol. The van der Waals surface area contributed by atoms with Crippen molar-refractivity contribution in [3.63, 3.8) is 0 Å². The Kier molecular flexibility index (Phi) is 5.02. The van der Waals surface area contributed by atoms with Crippen LogP contribution in [0, 0.1) is 5.41 Å². The quantitative estimate of drug-likeness (QED) is 0.204. The van der Waals surface area contributed by atoms with Crippen molar-refractivity contribution in [2.24, 2.45) is 5.73 Å². The molecule has 0 aliphatic rings. The maximum Gasteiger partial charge on any atom is 0.287 e. The zero-order valence-corrected chi connectivity index (χ0v) is 7.99. The molecule has 0 amide bonds. The Morgan fingerprint density at radius 3 is 2.67 bits per heavy atom. The minimum atomic E-state index is -3.62. The lowest BCUT2D eigenvalue weighted by molar-refractivity contribution is 0.265. The van der Waals surface area contributed by atoms with Crippen LogP contribution in [0.3, 0.4) is 0 Å². The van der Waals surface area contributed by atoms with E-state index in [9.17, 15) is 8.42 Å². The van der Waals surface area contributed by atoms with E-state index in [1.807, 2.05) is 0 Å². The summed E-state index contributed by atoms with van der Waals surface area (Å²) in [4.78, 5) is 0. The van der Waals surface area contributed by atoms with E-state index >= 15 is 0 Å². The summed E-state index contributed by atoms with van der Waals surface area (Å²) in [5, 5.41) is 6.61. The monoisotopic (exact) mass is 213 g/mol. The average molecular weight is 213 g/mol. The number of rotatable bonds is 5. The fraction of sp³-hybridized carbons (Fsp3) is 0.750. The molecule has 12 heavy (non-hydrogen) atoms. The van der Waals surface area contributed by atoms with E-state index in [1.54, 1.807) is 5.48 Å². The highest BCUT2D eigenvalue weighted by atomic mass is 32.2. The Labute approximate surface area is 76.5 Å². The van der Waals surface area contributed by atoms with E-state index in [4.69, 9.17) is 11.1 Å². The van der Waals surface area contributed by atoms with Gasteiger partial charge in [-0.25, -0.2) is 5.48 Å². The average Bonchev–Trinajstić information content (AvgIpc) is 1.98. The van der Waals surface area contributed by atoms with Crippen LogP contribution in [0.4, 0.5) is 0 Å². The van der Waals surface area contributed by atoms with Gasteiger partial charge in [0.1, 0.15) is 0 Å². The van der Waals surface area contributed by atoms with Crippen LogP contribution in [-0.4, -0.2) is 25.9 Å². The first-order valence-corrected chi connectivity index (χ1v) is 5.31. The zero-order valence-electron chi connectivity index (χ0n) is 6.28. The van der Waals surface area contributed by atoms with Crippen LogP contribution in [0.1, 0.15) is 6.42 Å². The Bertz CT molecular complexity index is 238. The predicted octanol–water partition coefficient (Wildman–Crippen LogP) is -0.949. The molecular formula is C4H11N3O3S2. The molecule has 8 heteroatoms. The highest BCUT2D eigenvalue weighted by molar-refractivity contribution is 7.86. The molecule has 0 fully saturated rings. The maximum absolute atomic E-state index is 10.8. The van der Waals surface area contributed by atoms with E-state index in [2.05, 4.69) is 16.9 Å². The summed E-state index contributed by atoms with van der Waals surface area (Å²) in [5.74, 6) is -0.233. The molecule has 0 aromatic carbocycles. The molecule has 0 bridgehead atoms. The van der Waals surface area contributed by atoms with Gasteiger partial charge in [-0.05, 0) is 12.2 Å². The molecule has 0 unspecified atom stereocenters. The number of hydrogen-bond donors (Lipinski definition) is 4. The minimum absolute atomic E-state index is 0.142. The third-order valence-corrected chi connectivity index (χ3v) is 2.27. The first-order chi connectivity index (χ1) is 5.48. The second-order valence-corrected chi connectivity index (χ2v) is 4.08. The van der Waals surface area contributed by atoms with Gasteiger partial charge < -0.3 is 5.73 Å². The molecule has 6 nitrogen and oxygen atoms in total. The van der Waals surface area contributed by atoms with E-state index in [0.717, 1.165) is 0 Å². The summed E-state index contributed by atoms with van der Waals surface area (Å²) in [6.45, 7) is 0. The second-order valence-electron chi connectivity index (χ2n) is 1.94. The summed E-state index contributed by atoms with van der Waals surface area (Å²) >= 11 is 3.83. The Hall–Kier alpha value is -0.470. The summed E-state index contributed by atoms with van der Waals surface area (Å²) in [6.07, 6.45) is 0.394. The molecule has 72 valence electrons. The fourth-order valence-electron chi connectivity index (χ4n) is 0.391. The third kappa shape index (κ3) is 6.25. The minimum Gasteiger partial charge on any atom is -0.368 e. The van der Waals surface area contributed by atoms with Crippen molar-refractivity contribution >= 4 is 28.7 Å². The van der Waals surface area contributed by atoms with Gasteiger partial charge in [0.25, 0.3) is 10.1 Å². The molecule has 0 aromatic heterocycles. The van der Waals surface area contributed by atoms with Crippen molar-refractivity contribution in [3.8, 4) is 0 Å². The topological polar surface area (TPSA) is 105 Å². The first-order valence-electron chi connectivity index (χ1n) is 3.10. The highest BCUT2D eigenvalue weighted by Gasteiger charge is 2.10. The molecule has 0 saturated heterocycles. The van der Waals surface area contributed by atoms with Gasteiger partial charge in [-0.1, -0.05) is 0 Å². The molecule has 0 aliphatic carbocycles. The Balaban J connectivity index is 3.80. The van der Waals surface area contributed by atoms with E-state index in [-0.39, 0.29) is 5.75 Å². The molecule has 0 aliphatic heterocycles. The van der Waals surface area contributed by atoms with Crippen LogP contribution in [0.5, 0.6) is 0 Å². The Morgan fingerprint density at radius 2 is 2.25 bits per heavy atom. The lowest BCUT2D eigenvalue weighted by atomic mass is 10.6. The highest BCUT2D eigenvalue weighted by Crippen LogP contribution is 1.94. The largest absolute Gasteiger partial charge is 0.368 e. The van der Waals surface area contributed by atoms with Crippen molar-refractivity contribution in [1.82, 2.24) is 5.48 Å². The molecule has 0 aromatic rings. The van der Waals surface area contributed by atoms with Crippen molar-refractivity contribution in [1.29, 1.82) is 5.41 Å². The van der Waals surface area contributed by atoms with Gasteiger partial charge in [-0.2, -0.15) is 21.0 Å².